The summed E-state index contributed by atoms with van der Waals surface area (Å²) in [5.41, 5.74) is 6.86. The Labute approximate surface area is 207 Å². The van der Waals surface area contributed by atoms with Gasteiger partial charge in [-0.3, -0.25) is 4.79 Å². The van der Waals surface area contributed by atoms with E-state index in [1.165, 1.54) is 29.2 Å². The summed E-state index contributed by atoms with van der Waals surface area (Å²) in [5, 5.41) is 2.56. The third-order valence-electron chi connectivity index (χ3n) is 5.33. The fourth-order valence-electron chi connectivity index (χ4n) is 3.52. The van der Waals surface area contributed by atoms with Crippen LogP contribution in [0.15, 0.2) is 71.6 Å². The molecule has 1 heterocycles. The summed E-state index contributed by atoms with van der Waals surface area (Å²) in [5.74, 6) is -0.586. The molecule has 1 amide bonds. The van der Waals surface area contributed by atoms with Crippen molar-refractivity contribution < 1.29 is 26.4 Å². The lowest BCUT2D eigenvalue weighted by Crippen LogP contribution is -2.33. The molecule has 1 atom stereocenters. The van der Waals surface area contributed by atoms with Gasteiger partial charge in [-0.05, 0) is 54.5 Å². The highest BCUT2D eigenvalue weighted by Gasteiger charge is 2.33. The van der Waals surface area contributed by atoms with Gasteiger partial charge in [-0.25, -0.2) is 13.4 Å². The molecular weight excluding hydrogens is 493 g/mol. The molecule has 0 spiro atoms. The zero-order valence-corrected chi connectivity index (χ0v) is 20.6. The van der Waals surface area contributed by atoms with Gasteiger partial charge in [0.2, 0.25) is 5.91 Å². The van der Waals surface area contributed by atoms with Crippen LogP contribution in [0.2, 0.25) is 0 Å². The van der Waals surface area contributed by atoms with Crippen molar-refractivity contribution in [3.8, 4) is 0 Å². The van der Waals surface area contributed by atoms with E-state index in [-0.39, 0.29) is 16.3 Å². The van der Waals surface area contributed by atoms with Crippen molar-refractivity contribution in [1.82, 2.24) is 10.3 Å². The van der Waals surface area contributed by atoms with Gasteiger partial charge < -0.3 is 16.0 Å². The number of hydrogen-bond acceptors (Lipinski definition) is 6. The first-order chi connectivity index (χ1) is 16.8. The van der Waals surface area contributed by atoms with Gasteiger partial charge in [0.05, 0.1) is 4.90 Å². The van der Waals surface area contributed by atoms with E-state index in [0.29, 0.717) is 16.8 Å². The number of nitrogens with two attached hydrogens (primary N) is 1. The van der Waals surface area contributed by atoms with Crippen molar-refractivity contribution in [2.45, 2.75) is 24.2 Å². The molecule has 0 aliphatic rings. The zero-order valence-electron chi connectivity index (χ0n) is 19.7. The fourth-order valence-corrected chi connectivity index (χ4v) is 4.48. The highest BCUT2D eigenvalue weighted by atomic mass is 32.2. The van der Waals surface area contributed by atoms with Gasteiger partial charge in [-0.2, -0.15) is 13.2 Å². The molecule has 36 heavy (non-hydrogen) atoms. The Bertz CT molecular complexity index is 1390. The second-order valence-corrected chi connectivity index (χ2v) is 10.1. The quantitative estimate of drug-likeness (QED) is 0.356. The molecule has 0 saturated carbocycles. The van der Waals surface area contributed by atoms with E-state index in [1.807, 2.05) is 0 Å². The van der Waals surface area contributed by atoms with E-state index in [2.05, 4.69) is 10.3 Å². The van der Waals surface area contributed by atoms with E-state index in [9.17, 15) is 26.4 Å². The van der Waals surface area contributed by atoms with Crippen LogP contribution in [0.3, 0.4) is 0 Å². The number of pyridine rings is 1. The third kappa shape index (κ3) is 6.49. The maximum absolute atomic E-state index is 13.3. The molecule has 0 saturated heterocycles. The van der Waals surface area contributed by atoms with Crippen molar-refractivity contribution in [3.05, 3.63) is 89.1 Å². The molecule has 190 valence electrons. The van der Waals surface area contributed by atoms with Gasteiger partial charge in [0.15, 0.2) is 9.84 Å². The predicted octanol–water partition coefficient (Wildman–Crippen LogP) is 4.37. The summed E-state index contributed by atoms with van der Waals surface area (Å²) in [6, 6.07) is 15.3. The number of sulfone groups is 1. The molecule has 3 rings (SSSR count). The third-order valence-corrected chi connectivity index (χ3v) is 6.58. The molecule has 3 N–H and O–H groups in total. The highest BCUT2D eigenvalue weighted by molar-refractivity contribution is 7.90. The zero-order chi connectivity index (χ0) is 26.7. The molecule has 2 aromatic carbocycles. The van der Waals surface area contributed by atoms with Crippen LogP contribution in [0.4, 0.5) is 24.7 Å². The Morgan fingerprint density at radius 2 is 1.78 bits per heavy atom. The number of nitrogens with one attached hydrogen (secondary N) is 1. The van der Waals surface area contributed by atoms with Crippen molar-refractivity contribution in [2.24, 2.45) is 5.73 Å². The largest absolute Gasteiger partial charge is 0.433 e. The minimum absolute atomic E-state index is 0.0105. The Morgan fingerprint density at radius 3 is 2.36 bits per heavy atom. The fraction of sp³-hybridized carbons (Fsp3) is 0.200. The van der Waals surface area contributed by atoms with Gasteiger partial charge in [0.25, 0.3) is 0 Å². The monoisotopic (exact) mass is 518 g/mol. The predicted molar refractivity (Wildman–Crippen MR) is 132 cm³/mol. The van der Waals surface area contributed by atoms with Crippen LogP contribution in [-0.4, -0.2) is 32.6 Å². The number of para-hydroxylation sites is 1. The Kier molecular flexibility index (Phi) is 7.85. The number of anilines is 2. The highest BCUT2D eigenvalue weighted by Crippen LogP contribution is 2.33. The normalized spacial score (nSPS) is 13.0. The second kappa shape index (κ2) is 10.5. The van der Waals surface area contributed by atoms with Gasteiger partial charge in [-0.15, -0.1) is 0 Å². The maximum atomic E-state index is 13.3. The molecule has 7 nitrogen and oxygen atoms in total. The summed E-state index contributed by atoms with van der Waals surface area (Å²) >= 11 is 0. The Balaban J connectivity index is 1.84. The summed E-state index contributed by atoms with van der Waals surface area (Å²) in [6.45, 7) is 1.62. The number of aromatic nitrogens is 1. The number of nitrogens with zero attached hydrogens (tertiary/aromatic N) is 2. The van der Waals surface area contributed by atoms with Gasteiger partial charge in [0.1, 0.15) is 17.7 Å². The average molecular weight is 519 g/mol. The molecule has 0 aliphatic heterocycles. The standard InChI is InChI=1S/C25H25F3N4O3S/c1-16-15-18(9-12-20(16)36(3,34)35)23(29)31-22(33)14-11-17-10-13-21(25(26,27)28)30-24(17)32(2)19-7-5-4-6-8-19/h4-15,23H,29H2,1-3H3,(H,31,33). The van der Waals surface area contributed by atoms with Crippen LogP contribution in [0, 0.1) is 6.92 Å². The van der Waals surface area contributed by atoms with Crippen LogP contribution >= 0.6 is 0 Å². The number of aryl methyl sites for hydroxylation is 1. The van der Waals surface area contributed by atoms with Crippen molar-refractivity contribution in [1.29, 1.82) is 0 Å². The molecule has 0 aliphatic carbocycles. The number of alkyl halides is 3. The number of amides is 1. The molecule has 1 aromatic heterocycles. The number of carbonyl (C=O) groups is 1. The molecule has 0 fully saturated rings. The first-order valence-electron chi connectivity index (χ1n) is 10.7. The maximum Gasteiger partial charge on any atom is 0.433 e. The Hall–Kier alpha value is -3.70. The van der Waals surface area contributed by atoms with E-state index < -0.39 is 33.8 Å². The number of rotatable bonds is 7. The number of benzene rings is 2. The van der Waals surface area contributed by atoms with E-state index in [1.54, 1.807) is 50.4 Å². The molecule has 0 bridgehead atoms. The van der Waals surface area contributed by atoms with Gasteiger partial charge in [-0.1, -0.05) is 30.3 Å². The molecule has 3 aromatic rings. The van der Waals surface area contributed by atoms with Crippen molar-refractivity contribution >= 4 is 33.3 Å². The summed E-state index contributed by atoms with van der Waals surface area (Å²) < 4.78 is 63.5. The Morgan fingerprint density at radius 1 is 1.11 bits per heavy atom. The van der Waals surface area contributed by atoms with Gasteiger partial charge in [0, 0.05) is 30.6 Å². The van der Waals surface area contributed by atoms with E-state index in [0.717, 1.165) is 18.4 Å². The minimum Gasteiger partial charge on any atom is -0.333 e. The lowest BCUT2D eigenvalue weighted by molar-refractivity contribution is -0.141. The van der Waals surface area contributed by atoms with Crippen LogP contribution < -0.4 is 16.0 Å². The van der Waals surface area contributed by atoms with E-state index >= 15 is 0 Å². The minimum atomic E-state index is -4.64. The van der Waals surface area contributed by atoms with Crippen molar-refractivity contribution in [2.75, 3.05) is 18.2 Å². The molecule has 1 unspecified atom stereocenters. The van der Waals surface area contributed by atoms with Crippen LogP contribution in [0.1, 0.15) is 28.6 Å². The summed E-state index contributed by atoms with van der Waals surface area (Å²) in [7, 11) is -1.82. The average Bonchev–Trinajstić information content (AvgIpc) is 2.81. The van der Waals surface area contributed by atoms with Crippen LogP contribution in [0.5, 0.6) is 0 Å². The van der Waals surface area contributed by atoms with Crippen LogP contribution in [-0.2, 0) is 20.8 Å². The smallest absolute Gasteiger partial charge is 0.333 e. The second-order valence-electron chi connectivity index (χ2n) is 8.12. The summed E-state index contributed by atoms with van der Waals surface area (Å²) in [4.78, 5) is 17.9. The molecular formula is C25H25F3N4O3S. The number of hydrogen-bond donors (Lipinski definition) is 2. The first-order valence-corrected chi connectivity index (χ1v) is 12.6. The van der Waals surface area contributed by atoms with Gasteiger partial charge >= 0.3 is 6.18 Å². The number of carbonyl (C=O) groups excluding carboxylic acids is 1. The first kappa shape index (κ1) is 26.9. The summed E-state index contributed by atoms with van der Waals surface area (Å²) in [6.07, 6.45) is -1.98. The SMILES string of the molecule is Cc1cc(C(N)NC(=O)C=Cc2ccc(C(F)(F)F)nc2N(C)c2ccccc2)ccc1S(C)(=O)=O. The molecule has 0 radical (unpaired) electrons. The topological polar surface area (TPSA) is 105 Å². The van der Waals surface area contributed by atoms with Crippen molar-refractivity contribution in [3.63, 3.8) is 0 Å². The molecule has 11 heteroatoms. The van der Waals surface area contributed by atoms with E-state index in [4.69, 9.17) is 5.73 Å². The lowest BCUT2D eigenvalue weighted by Gasteiger charge is -2.21. The van der Waals surface area contributed by atoms with Crippen LogP contribution in [0.25, 0.3) is 6.08 Å². The number of halogens is 3. The lowest BCUT2D eigenvalue weighted by atomic mass is 10.1.